The van der Waals surface area contributed by atoms with Crippen LogP contribution in [0.25, 0.3) is 0 Å². The van der Waals surface area contributed by atoms with E-state index in [1.54, 1.807) is 11.8 Å². The maximum Gasteiger partial charge on any atom is 0.233 e. The molecule has 1 aromatic carbocycles. The zero-order chi connectivity index (χ0) is 14.2. The third-order valence-corrected chi connectivity index (χ3v) is 4.78. The van der Waals surface area contributed by atoms with E-state index < -0.39 is 0 Å². The van der Waals surface area contributed by atoms with Gasteiger partial charge in [-0.15, -0.1) is 11.8 Å². The lowest BCUT2D eigenvalue weighted by Gasteiger charge is -2.36. The van der Waals surface area contributed by atoms with Crippen LogP contribution in [-0.4, -0.2) is 42.7 Å². The largest absolute Gasteiger partial charge is 0.339 e. The number of thioether (sulfide) groups is 1. The topological polar surface area (TPSA) is 32.3 Å². The van der Waals surface area contributed by atoms with Crippen LogP contribution in [0.2, 0.25) is 0 Å². The molecule has 0 saturated carbocycles. The van der Waals surface area contributed by atoms with E-state index in [1.807, 2.05) is 25.2 Å². The van der Waals surface area contributed by atoms with E-state index in [-0.39, 0.29) is 0 Å². The molecule has 1 amide bonds. The molecular weight excluding hydrogens is 268 g/mol. The lowest BCUT2D eigenvalue weighted by Crippen LogP contribution is -2.45. The van der Waals surface area contributed by atoms with Crippen LogP contribution in [0.4, 0.5) is 0 Å². The Balaban J connectivity index is 1.85. The van der Waals surface area contributed by atoms with E-state index in [0.717, 1.165) is 32.4 Å². The lowest BCUT2D eigenvalue weighted by molar-refractivity contribution is -0.132. The first-order valence-electron chi connectivity index (χ1n) is 7.43. The number of piperidine rings is 1. The number of hydrogen-bond donors (Lipinski definition) is 1. The first kappa shape index (κ1) is 15.4. The van der Waals surface area contributed by atoms with Gasteiger partial charge in [-0.3, -0.25) is 4.79 Å². The van der Waals surface area contributed by atoms with Crippen LogP contribution in [0, 0.1) is 0 Å². The highest BCUT2D eigenvalue weighted by atomic mass is 32.2. The molecule has 3 nitrogen and oxygen atoms in total. The van der Waals surface area contributed by atoms with Gasteiger partial charge in [0.1, 0.15) is 0 Å². The quantitative estimate of drug-likeness (QED) is 0.818. The minimum Gasteiger partial charge on any atom is -0.339 e. The van der Waals surface area contributed by atoms with Crippen molar-refractivity contribution in [3.63, 3.8) is 0 Å². The van der Waals surface area contributed by atoms with Crippen LogP contribution in [0.15, 0.2) is 35.2 Å². The van der Waals surface area contributed by atoms with E-state index in [1.165, 1.54) is 11.3 Å². The van der Waals surface area contributed by atoms with Gasteiger partial charge < -0.3 is 10.2 Å². The van der Waals surface area contributed by atoms with Crippen LogP contribution < -0.4 is 5.32 Å². The molecule has 0 spiro atoms. The smallest absolute Gasteiger partial charge is 0.233 e. The molecule has 4 heteroatoms. The van der Waals surface area contributed by atoms with E-state index in [4.69, 9.17) is 0 Å². The standard InChI is InChI=1S/C16H24N2OS/c1-17-11-10-14-7-5-6-12-18(14)16(19)13-20-15-8-3-2-4-9-15/h2-4,8-9,14,17H,5-7,10-13H2,1H3. The van der Waals surface area contributed by atoms with Gasteiger partial charge in [0.25, 0.3) is 0 Å². The summed E-state index contributed by atoms with van der Waals surface area (Å²) in [4.78, 5) is 15.7. The molecule has 1 aliphatic heterocycles. The summed E-state index contributed by atoms with van der Waals surface area (Å²) in [5.41, 5.74) is 0. The van der Waals surface area contributed by atoms with Gasteiger partial charge in [0.2, 0.25) is 5.91 Å². The van der Waals surface area contributed by atoms with Gasteiger partial charge in [0.05, 0.1) is 5.75 Å². The SMILES string of the molecule is CNCCC1CCCCN1C(=O)CSc1ccccc1. The number of nitrogens with one attached hydrogen (secondary N) is 1. The van der Waals surface area contributed by atoms with Crippen molar-refractivity contribution in [2.75, 3.05) is 25.9 Å². The normalized spacial score (nSPS) is 19.1. The molecule has 1 atom stereocenters. The molecule has 20 heavy (non-hydrogen) atoms. The van der Waals surface area contributed by atoms with E-state index in [9.17, 15) is 4.79 Å². The number of carbonyl (C=O) groups excluding carboxylic acids is 1. The Morgan fingerprint density at radius 3 is 2.90 bits per heavy atom. The van der Waals surface area contributed by atoms with Gasteiger partial charge in [0, 0.05) is 17.5 Å². The fourth-order valence-electron chi connectivity index (χ4n) is 2.68. The van der Waals surface area contributed by atoms with Crippen molar-refractivity contribution in [2.24, 2.45) is 0 Å². The van der Waals surface area contributed by atoms with Crippen LogP contribution in [-0.2, 0) is 4.79 Å². The van der Waals surface area contributed by atoms with Crippen LogP contribution in [0.1, 0.15) is 25.7 Å². The van der Waals surface area contributed by atoms with Crippen molar-refractivity contribution in [2.45, 2.75) is 36.6 Å². The van der Waals surface area contributed by atoms with Crippen LogP contribution in [0.3, 0.4) is 0 Å². The second-order valence-corrected chi connectivity index (χ2v) is 6.28. The van der Waals surface area contributed by atoms with Crippen molar-refractivity contribution in [1.29, 1.82) is 0 Å². The molecule has 1 heterocycles. The second kappa shape index (κ2) is 8.32. The highest BCUT2D eigenvalue weighted by molar-refractivity contribution is 8.00. The molecular formula is C16H24N2OS. The number of carbonyl (C=O) groups is 1. The molecule has 1 aromatic rings. The number of rotatable bonds is 6. The summed E-state index contributed by atoms with van der Waals surface area (Å²) < 4.78 is 0. The Kier molecular flexibility index (Phi) is 6.40. The first-order valence-corrected chi connectivity index (χ1v) is 8.41. The van der Waals surface area contributed by atoms with E-state index >= 15 is 0 Å². The number of hydrogen-bond acceptors (Lipinski definition) is 3. The molecule has 1 saturated heterocycles. The first-order chi connectivity index (χ1) is 9.81. The molecule has 1 N–H and O–H groups in total. The molecule has 1 fully saturated rings. The van der Waals surface area contributed by atoms with Crippen molar-refractivity contribution >= 4 is 17.7 Å². The van der Waals surface area contributed by atoms with Gasteiger partial charge in [-0.25, -0.2) is 0 Å². The van der Waals surface area contributed by atoms with E-state index in [2.05, 4.69) is 22.3 Å². The lowest BCUT2D eigenvalue weighted by atomic mass is 9.99. The number of likely N-dealkylation sites (tertiary alicyclic amines) is 1. The predicted molar refractivity (Wildman–Crippen MR) is 85.1 cm³/mol. The van der Waals surface area contributed by atoms with Gasteiger partial charge in [-0.2, -0.15) is 0 Å². The Morgan fingerprint density at radius 2 is 2.15 bits per heavy atom. The molecule has 0 radical (unpaired) electrons. The highest BCUT2D eigenvalue weighted by Crippen LogP contribution is 2.23. The Labute approximate surface area is 126 Å². The molecule has 0 aliphatic carbocycles. The van der Waals surface area contributed by atoms with Gasteiger partial charge in [0.15, 0.2) is 0 Å². The fraction of sp³-hybridized carbons (Fsp3) is 0.562. The average Bonchev–Trinajstić information content (AvgIpc) is 2.52. The Morgan fingerprint density at radius 1 is 1.35 bits per heavy atom. The summed E-state index contributed by atoms with van der Waals surface area (Å²) in [6.07, 6.45) is 4.63. The van der Waals surface area contributed by atoms with Crippen molar-refractivity contribution in [3.8, 4) is 0 Å². The number of benzene rings is 1. The molecule has 110 valence electrons. The van der Waals surface area contributed by atoms with Gasteiger partial charge >= 0.3 is 0 Å². The highest BCUT2D eigenvalue weighted by Gasteiger charge is 2.25. The summed E-state index contributed by atoms with van der Waals surface area (Å²) in [7, 11) is 1.97. The monoisotopic (exact) mass is 292 g/mol. The van der Waals surface area contributed by atoms with Crippen LogP contribution >= 0.6 is 11.8 Å². The average molecular weight is 292 g/mol. The zero-order valence-electron chi connectivity index (χ0n) is 12.2. The van der Waals surface area contributed by atoms with E-state index in [0.29, 0.717) is 17.7 Å². The molecule has 0 aromatic heterocycles. The minimum atomic E-state index is 0.291. The fourth-order valence-corrected chi connectivity index (χ4v) is 3.49. The molecule has 2 rings (SSSR count). The molecule has 1 aliphatic rings. The summed E-state index contributed by atoms with van der Waals surface area (Å²) >= 11 is 1.64. The Hall–Kier alpha value is -1.00. The maximum atomic E-state index is 12.4. The van der Waals surface area contributed by atoms with Crippen molar-refractivity contribution in [1.82, 2.24) is 10.2 Å². The molecule has 1 unspecified atom stereocenters. The second-order valence-electron chi connectivity index (χ2n) is 5.23. The van der Waals surface area contributed by atoms with Crippen LogP contribution in [0.5, 0.6) is 0 Å². The number of nitrogens with zero attached hydrogens (tertiary/aromatic N) is 1. The van der Waals surface area contributed by atoms with Gasteiger partial charge in [-0.1, -0.05) is 18.2 Å². The third kappa shape index (κ3) is 4.53. The minimum absolute atomic E-state index is 0.291. The summed E-state index contributed by atoms with van der Waals surface area (Å²) in [5, 5.41) is 3.19. The van der Waals surface area contributed by atoms with Crippen molar-refractivity contribution < 1.29 is 4.79 Å². The third-order valence-electron chi connectivity index (χ3n) is 3.78. The molecule has 0 bridgehead atoms. The zero-order valence-corrected chi connectivity index (χ0v) is 13.0. The predicted octanol–water partition coefficient (Wildman–Crippen LogP) is 2.77. The van der Waals surface area contributed by atoms with Crippen molar-refractivity contribution in [3.05, 3.63) is 30.3 Å². The van der Waals surface area contributed by atoms with Gasteiger partial charge in [-0.05, 0) is 51.4 Å². The summed E-state index contributed by atoms with van der Waals surface area (Å²) in [6.45, 7) is 1.92. The summed E-state index contributed by atoms with van der Waals surface area (Å²) in [6, 6.07) is 10.6. The maximum absolute atomic E-state index is 12.4. The summed E-state index contributed by atoms with van der Waals surface area (Å²) in [5.74, 6) is 0.847. The Bertz CT molecular complexity index is 410. The number of amides is 1.